The molecule has 0 N–H and O–H groups in total. The molecule has 3 aromatic heterocycles. The number of aromatic nitrogens is 3. The van der Waals surface area contributed by atoms with Crippen molar-refractivity contribution in [1.82, 2.24) is 19.9 Å². The number of rotatable bonds is 5. The number of carbonyl (C=O) groups excluding carboxylic acids is 1. The lowest BCUT2D eigenvalue weighted by molar-refractivity contribution is -0.137. The molecule has 6 nitrogen and oxygen atoms in total. The summed E-state index contributed by atoms with van der Waals surface area (Å²) in [6.45, 7) is 1.76. The van der Waals surface area contributed by atoms with Crippen LogP contribution < -0.4 is 0 Å². The van der Waals surface area contributed by atoms with Gasteiger partial charge in [0.25, 0.3) is 5.91 Å². The van der Waals surface area contributed by atoms with Crippen LogP contribution in [0.1, 0.15) is 24.6 Å². The summed E-state index contributed by atoms with van der Waals surface area (Å²) in [5.74, 6) is -1.75. The number of hydrogen-bond acceptors (Lipinski definition) is 6. The average molecular weight is 524 g/mol. The number of pyridine rings is 2. The third-order valence-corrected chi connectivity index (χ3v) is 6.26. The van der Waals surface area contributed by atoms with Gasteiger partial charge in [-0.2, -0.15) is 13.2 Å². The second kappa shape index (κ2) is 10.2. The van der Waals surface area contributed by atoms with Crippen LogP contribution in [0.15, 0.2) is 53.2 Å². The predicted octanol–water partition coefficient (Wildman–Crippen LogP) is 5.77. The number of aliphatic imine (C=N–C) groups is 1. The van der Waals surface area contributed by atoms with Crippen molar-refractivity contribution in [3.8, 4) is 10.6 Å². The fourth-order valence-electron chi connectivity index (χ4n) is 3.51. The quantitative estimate of drug-likeness (QED) is 0.242. The first-order valence-corrected chi connectivity index (χ1v) is 11.8. The van der Waals surface area contributed by atoms with Crippen LogP contribution in [0.3, 0.4) is 0 Å². The van der Waals surface area contributed by atoms with Gasteiger partial charge in [-0.1, -0.05) is 6.08 Å². The molecule has 35 heavy (non-hydrogen) atoms. The van der Waals surface area contributed by atoms with Crippen LogP contribution in [0.25, 0.3) is 16.1 Å². The fraction of sp³-hybridized carbons (Fsp3) is 0.261. The molecule has 1 aliphatic heterocycles. The molecule has 0 aromatic carbocycles. The lowest BCUT2D eigenvalue weighted by atomic mass is 10.0. The average Bonchev–Trinajstić information content (AvgIpc) is 3.37. The van der Waals surface area contributed by atoms with E-state index in [0.717, 1.165) is 6.07 Å². The van der Waals surface area contributed by atoms with E-state index in [1.807, 2.05) is 0 Å². The van der Waals surface area contributed by atoms with Crippen molar-refractivity contribution >= 4 is 45.9 Å². The number of hydrogen-bond donors (Lipinski definition) is 0. The maximum absolute atomic E-state index is 14.0. The SMILES string of the molecule is CC(Cl)C(=Nc1ncc(-c2nccs2)cc1C(F)(F)F)C(=O)N1CC=C(c2ncccc2F)CC1. The highest BCUT2D eigenvalue weighted by Crippen LogP contribution is 2.38. The van der Waals surface area contributed by atoms with Crippen LogP contribution in [-0.4, -0.2) is 49.9 Å². The summed E-state index contributed by atoms with van der Waals surface area (Å²) in [4.78, 5) is 30.4. The van der Waals surface area contributed by atoms with E-state index in [-0.39, 0.29) is 30.1 Å². The van der Waals surface area contributed by atoms with E-state index in [9.17, 15) is 22.4 Å². The molecular weight excluding hydrogens is 506 g/mol. The van der Waals surface area contributed by atoms with Crippen molar-refractivity contribution < 1.29 is 22.4 Å². The van der Waals surface area contributed by atoms with Crippen molar-refractivity contribution in [2.75, 3.05) is 13.1 Å². The Kier molecular flexibility index (Phi) is 7.27. The Balaban J connectivity index is 1.64. The van der Waals surface area contributed by atoms with Gasteiger partial charge in [0, 0.05) is 42.6 Å². The topological polar surface area (TPSA) is 71.3 Å². The number of carbonyl (C=O) groups is 1. The minimum atomic E-state index is -4.77. The molecule has 0 spiro atoms. The molecule has 3 aromatic rings. The highest BCUT2D eigenvalue weighted by molar-refractivity contribution is 7.13. The molecule has 4 heterocycles. The van der Waals surface area contributed by atoms with Crippen molar-refractivity contribution in [2.45, 2.75) is 24.9 Å². The number of thiazole rings is 1. The highest BCUT2D eigenvalue weighted by Gasteiger charge is 2.36. The molecule has 0 fully saturated rings. The summed E-state index contributed by atoms with van der Waals surface area (Å²) >= 11 is 7.34. The van der Waals surface area contributed by atoms with Gasteiger partial charge in [0.2, 0.25) is 0 Å². The molecule has 4 rings (SSSR count). The van der Waals surface area contributed by atoms with Crippen LogP contribution in [0.2, 0.25) is 0 Å². The molecule has 0 bridgehead atoms. The van der Waals surface area contributed by atoms with Gasteiger partial charge in [-0.15, -0.1) is 22.9 Å². The van der Waals surface area contributed by atoms with Crippen LogP contribution in [0, 0.1) is 5.82 Å². The molecule has 0 saturated carbocycles. The Morgan fingerprint density at radius 2 is 2.06 bits per heavy atom. The molecule has 0 saturated heterocycles. The van der Waals surface area contributed by atoms with Gasteiger partial charge in [0.15, 0.2) is 5.82 Å². The number of halogens is 5. The Hall–Kier alpha value is -3.18. The molecule has 1 atom stereocenters. The number of alkyl halides is 4. The minimum absolute atomic E-state index is 0.106. The summed E-state index contributed by atoms with van der Waals surface area (Å²) in [5, 5.41) is 1.03. The van der Waals surface area contributed by atoms with Gasteiger partial charge in [0.05, 0.1) is 5.38 Å². The molecule has 1 aliphatic rings. The van der Waals surface area contributed by atoms with Gasteiger partial charge in [0.1, 0.15) is 27.8 Å². The predicted molar refractivity (Wildman–Crippen MR) is 126 cm³/mol. The maximum Gasteiger partial charge on any atom is 0.420 e. The largest absolute Gasteiger partial charge is 0.420 e. The molecule has 12 heteroatoms. The van der Waals surface area contributed by atoms with Gasteiger partial charge in [-0.25, -0.2) is 19.4 Å². The minimum Gasteiger partial charge on any atom is -0.333 e. The molecular formula is C23H18ClF4N5OS. The van der Waals surface area contributed by atoms with Gasteiger partial charge in [-0.3, -0.25) is 9.78 Å². The first kappa shape index (κ1) is 24.9. The van der Waals surface area contributed by atoms with Crippen LogP contribution >= 0.6 is 22.9 Å². The zero-order valence-electron chi connectivity index (χ0n) is 18.3. The van der Waals surface area contributed by atoms with Crippen LogP contribution in [-0.2, 0) is 11.0 Å². The molecule has 1 amide bonds. The van der Waals surface area contributed by atoms with E-state index in [0.29, 0.717) is 17.0 Å². The molecule has 182 valence electrons. The zero-order chi connectivity index (χ0) is 25.2. The maximum atomic E-state index is 14.0. The zero-order valence-corrected chi connectivity index (χ0v) is 19.8. The van der Waals surface area contributed by atoms with E-state index in [1.165, 1.54) is 53.9 Å². The van der Waals surface area contributed by atoms with E-state index in [2.05, 4.69) is 19.9 Å². The first-order valence-electron chi connectivity index (χ1n) is 10.4. The van der Waals surface area contributed by atoms with Crippen LogP contribution in [0.5, 0.6) is 0 Å². The Labute approximate surface area is 207 Å². The van der Waals surface area contributed by atoms with E-state index < -0.39 is 34.7 Å². The molecule has 1 unspecified atom stereocenters. The summed E-state index contributed by atoms with van der Waals surface area (Å²) in [6, 6.07) is 3.68. The number of amides is 1. The Bertz CT molecular complexity index is 1290. The van der Waals surface area contributed by atoms with Crippen LogP contribution in [0.4, 0.5) is 23.4 Å². The monoisotopic (exact) mass is 523 g/mol. The lowest BCUT2D eigenvalue weighted by Crippen LogP contribution is -2.41. The molecule has 0 radical (unpaired) electrons. The first-order chi connectivity index (χ1) is 16.6. The van der Waals surface area contributed by atoms with Gasteiger partial charge < -0.3 is 4.90 Å². The lowest BCUT2D eigenvalue weighted by Gasteiger charge is -2.27. The Morgan fingerprint density at radius 3 is 2.66 bits per heavy atom. The third-order valence-electron chi connectivity index (χ3n) is 5.23. The highest BCUT2D eigenvalue weighted by atomic mass is 35.5. The van der Waals surface area contributed by atoms with Gasteiger partial charge in [-0.05, 0) is 37.1 Å². The summed E-state index contributed by atoms with van der Waals surface area (Å²) in [6.07, 6.45) is 1.39. The van der Waals surface area contributed by atoms with Gasteiger partial charge >= 0.3 is 6.18 Å². The van der Waals surface area contributed by atoms with E-state index >= 15 is 0 Å². The van der Waals surface area contributed by atoms with Crippen molar-refractivity contribution in [3.05, 3.63) is 65.3 Å². The standard InChI is InChI=1S/C23H18ClF4N5OS/c1-13(24)18(22(34)33-8-4-14(5-9-33)19-17(25)3-2-6-29-19)32-20-16(23(26,27)28)11-15(12-31-20)21-30-7-10-35-21/h2-4,6-7,10-13H,5,8-9H2,1H3. The van der Waals surface area contributed by atoms with Crippen molar-refractivity contribution in [1.29, 1.82) is 0 Å². The Morgan fingerprint density at radius 1 is 1.26 bits per heavy atom. The van der Waals surface area contributed by atoms with Crippen molar-refractivity contribution in [2.24, 2.45) is 4.99 Å². The van der Waals surface area contributed by atoms with E-state index in [1.54, 1.807) is 11.5 Å². The summed E-state index contributed by atoms with van der Waals surface area (Å²) in [7, 11) is 0. The molecule has 0 aliphatic carbocycles. The summed E-state index contributed by atoms with van der Waals surface area (Å²) in [5.41, 5.74) is -0.331. The smallest absolute Gasteiger partial charge is 0.333 e. The normalized spacial score (nSPS) is 15.7. The van der Waals surface area contributed by atoms with Crippen molar-refractivity contribution in [3.63, 3.8) is 0 Å². The second-order valence-corrected chi connectivity index (χ2v) is 9.16. The number of nitrogens with zero attached hydrogens (tertiary/aromatic N) is 5. The fourth-order valence-corrected chi connectivity index (χ4v) is 4.27. The third kappa shape index (κ3) is 5.57. The second-order valence-electron chi connectivity index (χ2n) is 7.61. The summed E-state index contributed by atoms with van der Waals surface area (Å²) < 4.78 is 55.5. The van der Waals surface area contributed by atoms with E-state index in [4.69, 9.17) is 11.6 Å².